The van der Waals surface area contributed by atoms with Gasteiger partial charge in [-0.25, -0.2) is 0 Å². The molecular formula is C20H37IN6O2. The molecule has 0 aromatic carbocycles. The van der Waals surface area contributed by atoms with Gasteiger partial charge in [0.25, 0.3) is 0 Å². The number of piperazine rings is 1. The van der Waals surface area contributed by atoms with Gasteiger partial charge < -0.3 is 19.5 Å². The second-order valence-electron chi connectivity index (χ2n) is 7.90. The van der Waals surface area contributed by atoms with Gasteiger partial charge in [-0.15, -0.1) is 24.0 Å². The van der Waals surface area contributed by atoms with Crippen molar-refractivity contribution in [1.29, 1.82) is 0 Å². The van der Waals surface area contributed by atoms with Crippen molar-refractivity contribution in [3.05, 3.63) is 17.5 Å². The Kier molecular flexibility index (Phi) is 10.1. The Labute approximate surface area is 192 Å². The van der Waals surface area contributed by atoms with Crippen LogP contribution in [0.5, 0.6) is 0 Å². The molecule has 1 aromatic rings. The molecule has 166 valence electrons. The SMILES string of the molecule is CCNC(=NCC(C)N1CCOCC1C)N1CCN(Cc2cc(C)on2)CC1.I. The summed E-state index contributed by atoms with van der Waals surface area (Å²) in [6, 6.07) is 2.90. The number of rotatable bonds is 6. The fourth-order valence-corrected chi connectivity index (χ4v) is 3.98. The Morgan fingerprint density at radius 2 is 2.07 bits per heavy atom. The maximum atomic E-state index is 5.56. The molecule has 29 heavy (non-hydrogen) atoms. The summed E-state index contributed by atoms with van der Waals surface area (Å²) in [7, 11) is 0. The van der Waals surface area contributed by atoms with E-state index in [2.05, 4.69) is 45.9 Å². The van der Waals surface area contributed by atoms with Crippen molar-refractivity contribution in [2.24, 2.45) is 4.99 Å². The quantitative estimate of drug-likeness (QED) is 0.349. The first-order chi connectivity index (χ1) is 13.6. The molecule has 0 saturated carbocycles. The first-order valence-corrected chi connectivity index (χ1v) is 10.6. The van der Waals surface area contributed by atoms with Crippen LogP contribution in [0.25, 0.3) is 0 Å². The fraction of sp³-hybridized carbons (Fsp3) is 0.800. The van der Waals surface area contributed by atoms with Gasteiger partial charge in [-0.3, -0.25) is 14.8 Å². The zero-order valence-corrected chi connectivity index (χ0v) is 20.6. The molecule has 0 radical (unpaired) electrons. The normalized spacial score (nSPS) is 23.0. The molecule has 2 aliphatic heterocycles. The van der Waals surface area contributed by atoms with Crippen LogP contribution in [-0.4, -0.2) is 96.9 Å². The molecule has 3 rings (SSSR count). The summed E-state index contributed by atoms with van der Waals surface area (Å²) in [5.41, 5.74) is 1.01. The van der Waals surface area contributed by atoms with Gasteiger partial charge in [0.1, 0.15) is 5.76 Å². The number of morpholine rings is 1. The van der Waals surface area contributed by atoms with Gasteiger partial charge in [0, 0.05) is 64.0 Å². The predicted octanol–water partition coefficient (Wildman–Crippen LogP) is 1.79. The fourth-order valence-electron chi connectivity index (χ4n) is 3.98. The van der Waals surface area contributed by atoms with E-state index in [1.165, 1.54) is 0 Å². The smallest absolute Gasteiger partial charge is 0.194 e. The summed E-state index contributed by atoms with van der Waals surface area (Å²) in [6.45, 7) is 17.7. The van der Waals surface area contributed by atoms with Crippen molar-refractivity contribution in [3.63, 3.8) is 0 Å². The molecule has 8 nitrogen and oxygen atoms in total. The summed E-state index contributed by atoms with van der Waals surface area (Å²) < 4.78 is 10.7. The van der Waals surface area contributed by atoms with E-state index < -0.39 is 0 Å². The van der Waals surface area contributed by atoms with Crippen LogP contribution in [0.15, 0.2) is 15.6 Å². The number of halogens is 1. The number of aryl methyl sites for hydroxylation is 1. The zero-order chi connectivity index (χ0) is 19.9. The third kappa shape index (κ3) is 7.08. The zero-order valence-electron chi connectivity index (χ0n) is 18.3. The van der Waals surface area contributed by atoms with E-state index in [9.17, 15) is 0 Å². The highest BCUT2D eigenvalue weighted by atomic mass is 127. The highest BCUT2D eigenvalue weighted by molar-refractivity contribution is 14.0. The van der Waals surface area contributed by atoms with Crippen LogP contribution in [0.1, 0.15) is 32.2 Å². The van der Waals surface area contributed by atoms with Crippen molar-refractivity contribution < 1.29 is 9.26 Å². The van der Waals surface area contributed by atoms with Crippen LogP contribution in [0.3, 0.4) is 0 Å². The van der Waals surface area contributed by atoms with Gasteiger partial charge >= 0.3 is 0 Å². The number of hydrogen-bond acceptors (Lipinski definition) is 6. The van der Waals surface area contributed by atoms with E-state index in [-0.39, 0.29) is 24.0 Å². The average Bonchev–Trinajstić information content (AvgIpc) is 3.10. The largest absolute Gasteiger partial charge is 0.379 e. The Morgan fingerprint density at radius 3 is 2.69 bits per heavy atom. The van der Waals surface area contributed by atoms with Crippen LogP contribution in [-0.2, 0) is 11.3 Å². The maximum Gasteiger partial charge on any atom is 0.194 e. The molecule has 1 N–H and O–H groups in total. The number of guanidine groups is 1. The molecule has 3 heterocycles. The summed E-state index contributed by atoms with van der Waals surface area (Å²) in [6.07, 6.45) is 0. The van der Waals surface area contributed by atoms with Crippen LogP contribution in [0.4, 0.5) is 0 Å². The monoisotopic (exact) mass is 520 g/mol. The molecule has 0 amide bonds. The molecule has 9 heteroatoms. The number of aromatic nitrogens is 1. The highest BCUT2D eigenvalue weighted by Gasteiger charge is 2.24. The second-order valence-corrected chi connectivity index (χ2v) is 7.90. The number of aliphatic imine (C=N–C) groups is 1. The summed E-state index contributed by atoms with van der Waals surface area (Å²) in [4.78, 5) is 12.3. The molecule has 2 aliphatic rings. The van der Waals surface area contributed by atoms with Crippen molar-refractivity contribution in [2.75, 3.05) is 59.0 Å². The molecule has 2 atom stereocenters. The van der Waals surface area contributed by atoms with E-state index >= 15 is 0 Å². The second kappa shape index (κ2) is 12.1. The molecule has 2 saturated heterocycles. The molecule has 0 aliphatic carbocycles. The van der Waals surface area contributed by atoms with Crippen LogP contribution < -0.4 is 5.32 Å². The van der Waals surface area contributed by atoms with Gasteiger partial charge in [-0.1, -0.05) is 5.16 Å². The third-order valence-corrected chi connectivity index (χ3v) is 5.56. The first-order valence-electron chi connectivity index (χ1n) is 10.6. The lowest BCUT2D eigenvalue weighted by Gasteiger charge is -2.38. The Balaban J connectivity index is 0.00000300. The molecule has 1 aromatic heterocycles. The minimum Gasteiger partial charge on any atom is -0.379 e. The molecule has 2 unspecified atom stereocenters. The number of ether oxygens (including phenoxy) is 1. The minimum absolute atomic E-state index is 0. The summed E-state index contributed by atoms with van der Waals surface area (Å²) in [5, 5.41) is 7.59. The van der Waals surface area contributed by atoms with E-state index in [4.69, 9.17) is 14.3 Å². The Morgan fingerprint density at radius 1 is 1.31 bits per heavy atom. The highest BCUT2D eigenvalue weighted by Crippen LogP contribution is 2.12. The van der Waals surface area contributed by atoms with Crippen molar-refractivity contribution >= 4 is 29.9 Å². The number of nitrogens with one attached hydrogen (secondary N) is 1. The topological polar surface area (TPSA) is 69.4 Å². The average molecular weight is 520 g/mol. The Hall–Kier alpha value is -0.910. The van der Waals surface area contributed by atoms with Gasteiger partial charge in [-0.2, -0.15) is 0 Å². The van der Waals surface area contributed by atoms with Crippen molar-refractivity contribution in [1.82, 2.24) is 25.2 Å². The van der Waals surface area contributed by atoms with E-state index in [0.29, 0.717) is 12.1 Å². The lowest BCUT2D eigenvalue weighted by atomic mass is 10.2. The van der Waals surface area contributed by atoms with Crippen LogP contribution in [0, 0.1) is 6.92 Å². The number of hydrogen-bond donors (Lipinski definition) is 1. The molecule has 0 bridgehead atoms. The van der Waals surface area contributed by atoms with E-state index in [1.807, 2.05) is 13.0 Å². The summed E-state index contributed by atoms with van der Waals surface area (Å²) >= 11 is 0. The molecular weight excluding hydrogens is 483 g/mol. The van der Waals surface area contributed by atoms with Crippen LogP contribution in [0.2, 0.25) is 0 Å². The van der Waals surface area contributed by atoms with Gasteiger partial charge in [-0.05, 0) is 27.7 Å². The Bertz CT molecular complexity index is 632. The van der Waals surface area contributed by atoms with Gasteiger partial charge in [0.2, 0.25) is 0 Å². The van der Waals surface area contributed by atoms with Crippen molar-refractivity contribution in [3.8, 4) is 0 Å². The van der Waals surface area contributed by atoms with Crippen LogP contribution >= 0.6 is 24.0 Å². The first kappa shape index (κ1) is 24.4. The molecule has 0 spiro atoms. The third-order valence-electron chi connectivity index (χ3n) is 5.56. The summed E-state index contributed by atoms with van der Waals surface area (Å²) in [5.74, 6) is 1.91. The van der Waals surface area contributed by atoms with Gasteiger partial charge in [0.15, 0.2) is 5.96 Å². The molecule has 2 fully saturated rings. The lowest BCUT2D eigenvalue weighted by molar-refractivity contribution is -0.0166. The predicted molar refractivity (Wildman–Crippen MR) is 126 cm³/mol. The minimum atomic E-state index is 0. The van der Waals surface area contributed by atoms with E-state index in [1.54, 1.807) is 0 Å². The van der Waals surface area contributed by atoms with Gasteiger partial charge in [0.05, 0.1) is 25.5 Å². The number of nitrogens with zero attached hydrogens (tertiary/aromatic N) is 5. The lowest BCUT2D eigenvalue weighted by Crippen LogP contribution is -2.53. The standard InChI is InChI=1S/C20H36N6O2.HI/c1-5-21-20(22-13-16(2)26-10-11-27-15-17(26)3)25-8-6-24(7-9-25)14-19-12-18(4)28-23-19;/h12,16-17H,5-11,13-15H2,1-4H3,(H,21,22);1H. The maximum absolute atomic E-state index is 5.56. The van der Waals surface area contributed by atoms with Crippen molar-refractivity contribution in [2.45, 2.75) is 46.3 Å². The van der Waals surface area contributed by atoms with E-state index in [0.717, 1.165) is 83.0 Å².